The predicted molar refractivity (Wildman–Crippen MR) is 78.7 cm³/mol. The number of nitrogens with two attached hydrogens (primary N) is 1. The summed E-state index contributed by atoms with van der Waals surface area (Å²) in [7, 11) is 0. The number of amides is 1. The molecular formula is C15H16F3N4O2+. The van der Waals surface area contributed by atoms with Crippen molar-refractivity contribution in [3.63, 3.8) is 0 Å². The zero-order valence-corrected chi connectivity index (χ0v) is 12.8. The minimum absolute atomic E-state index is 0.00878. The zero-order chi connectivity index (χ0) is 17.5. The van der Waals surface area contributed by atoms with Crippen LogP contribution < -0.4 is 16.2 Å². The molecule has 1 aromatic heterocycles. The van der Waals surface area contributed by atoms with Gasteiger partial charge in [-0.3, -0.25) is 14.7 Å². The van der Waals surface area contributed by atoms with Crippen LogP contribution in [-0.2, 0) is 10.3 Å². The Balaban J connectivity index is 2.26. The molecule has 2 heterocycles. The summed E-state index contributed by atoms with van der Waals surface area (Å²) in [5.74, 6) is -1.22. The number of carbonyl (C=O) groups is 1. The van der Waals surface area contributed by atoms with Crippen LogP contribution in [0.2, 0.25) is 0 Å². The molecule has 0 saturated carbocycles. The van der Waals surface area contributed by atoms with E-state index >= 15 is 0 Å². The van der Waals surface area contributed by atoms with Gasteiger partial charge in [0.2, 0.25) is 0 Å². The largest absolute Gasteiger partial charge is 0.459 e. The molecule has 0 unspecified atom stereocenters. The van der Waals surface area contributed by atoms with Gasteiger partial charge in [0.05, 0.1) is 18.8 Å². The number of benzene rings is 1. The molecule has 9 heteroatoms. The van der Waals surface area contributed by atoms with E-state index in [2.05, 4.69) is 10.4 Å². The second-order valence-corrected chi connectivity index (χ2v) is 5.64. The Hall–Kier alpha value is -2.55. The molecule has 1 aliphatic heterocycles. The monoisotopic (exact) mass is 341 g/mol. The van der Waals surface area contributed by atoms with Crippen LogP contribution in [0, 0.1) is 6.92 Å². The lowest BCUT2D eigenvalue weighted by Gasteiger charge is -2.34. The van der Waals surface area contributed by atoms with Gasteiger partial charge in [-0.25, -0.2) is 4.68 Å². The highest BCUT2D eigenvalue weighted by atomic mass is 19.4. The van der Waals surface area contributed by atoms with Gasteiger partial charge >= 0.3 is 11.7 Å². The van der Waals surface area contributed by atoms with E-state index in [-0.39, 0.29) is 18.8 Å². The van der Waals surface area contributed by atoms with Crippen molar-refractivity contribution in [2.24, 2.45) is 0 Å². The van der Waals surface area contributed by atoms with Crippen molar-refractivity contribution in [3.8, 4) is 5.69 Å². The maximum absolute atomic E-state index is 13.9. The highest BCUT2D eigenvalue weighted by molar-refractivity contribution is 5.87. The van der Waals surface area contributed by atoms with E-state index in [1.807, 2.05) is 0 Å². The SMILES string of the molecule is Cc1[nH]n(-c2ccccc2)c(=O)c1[C@]1(C(F)(F)F)[NH2+]CCNC1=O. The molecule has 0 aliphatic carbocycles. The molecule has 6 nitrogen and oxygen atoms in total. The second kappa shape index (κ2) is 5.52. The van der Waals surface area contributed by atoms with Crippen LogP contribution in [-0.4, -0.2) is 35.0 Å². The van der Waals surface area contributed by atoms with Crippen molar-refractivity contribution in [2.45, 2.75) is 18.6 Å². The Morgan fingerprint density at radius 2 is 1.88 bits per heavy atom. The summed E-state index contributed by atoms with van der Waals surface area (Å²) in [5.41, 5.74) is -4.01. The molecule has 0 radical (unpaired) electrons. The molecule has 24 heavy (non-hydrogen) atoms. The number of hydrogen-bond donors (Lipinski definition) is 3. The number of hydrogen-bond acceptors (Lipinski definition) is 2. The summed E-state index contributed by atoms with van der Waals surface area (Å²) >= 11 is 0. The van der Waals surface area contributed by atoms with E-state index in [0.29, 0.717) is 5.69 Å². The van der Waals surface area contributed by atoms with Crippen molar-refractivity contribution < 1.29 is 23.3 Å². The van der Waals surface area contributed by atoms with Gasteiger partial charge in [-0.15, -0.1) is 0 Å². The molecule has 3 rings (SSSR count). The topological polar surface area (TPSA) is 83.5 Å². The lowest BCUT2D eigenvalue weighted by atomic mass is 9.86. The Kier molecular flexibility index (Phi) is 3.75. The molecular weight excluding hydrogens is 325 g/mol. The quantitative estimate of drug-likeness (QED) is 0.714. The molecule has 1 saturated heterocycles. The summed E-state index contributed by atoms with van der Waals surface area (Å²) in [6.07, 6.45) is -4.92. The van der Waals surface area contributed by atoms with Crippen LogP contribution in [0.4, 0.5) is 13.2 Å². The van der Waals surface area contributed by atoms with Gasteiger partial charge in [0.15, 0.2) is 0 Å². The molecule has 1 amide bonds. The molecule has 1 fully saturated rings. The summed E-state index contributed by atoms with van der Waals surface area (Å²) in [6.45, 7) is 1.51. The first-order chi connectivity index (χ1) is 11.3. The van der Waals surface area contributed by atoms with E-state index in [9.17, 15) is 22.8 Å². The number of rotatable bonds is 2. The fraction of sp³-hybridized carbons (Fsp3) is 0.333. The first-order valence-electron chi connectivity index (χ1n) is 7.36. The first kappa shape index (κ1) is 16.3. The van der Waals surface area contributed by atoms with Gasteiger partial charge in [0, 0.05) is 5.69 Å². The third-order valence-electron chi connectivity index (χ3n) is 4.17. The Bertz CT molecular complexity index is 825. The van der Waals surface area contributed by atoms with Crippen molar-refractivity contribution in [3.05, 3.63) is 51.9 Å². The van der Waals surface area contributed by atoms with Crippen LogP contribution in [0.1, 0.15) is 11.3 Å². The first-order valence-corrected chi connectivity index (χ1v) is 7.36. The Morgan fingerprint density at radius 3 is 2.46 bits per heavy atom. The number of aromatic nitrogens is 2. The van der Waals surface area contributed by atoms with E-state index in [0.717, 1.165) is 10.00 Å². The number of aryl methyl sites for hydroxylation is 1. The maximum Gasteiger partial charge on any atom is 0.459 e. The molecule has 0 spiro atoms. The minimum Gasteiger partial charge on any atom is -0.344 e. The molecule has 2 aromatic rings. The molecule has 1 aromatic carbocycles. The fourth-order valence-electron chi connectivity index (χ4n) is 3.08. The smallest absolute Gasteiger partial charge is 0.344 e. The van der Waals surface area contributed by atoms with E-state index in [1.54, 1.807) is 30.3 Å². The maximum atomic E-state index is 13.9. The van der Waals surface area contributed by atoms with Crippen LogP contribution in [0.25, 0.3) is 5.69 Å². The van der Waals surface area contributed by atoms with Gasteiger partial charge in [-0.1, -0.05) is 18.2 Å². The van der Waals surface area contributed by atoms with Gasteiger partial charge in [-0.2, -0.15) is 13.2 Å². The highest BCUT2D eigenvalue weighted by Crippen LogP contribution is 2.36. The van der Waals surface area contributed by atoms with Crippen molar-refractivity contribution >= 4 is 5.91 Å². The average Bonchev–Trinajstić information content (AvgIpc) is 2.83. The number of alkyl halides is 3. The Morgan fingerprint density at radius 1 is 1.21 bits per heavy atom. The van der Waals surface area contributed by atoms with E-state index in [1.165, 1.54) is 6.92 Å². The normalized spacial score (nSPS) is 21.6. The second-order valence-electron chi connectivity index (χ2n) is 5.64. The van der Waals surface area contributed by atoms with E-state index < -0.39 is 28.7 Å². The highest BCUT2D eigenvalue weighted by Gasteiger charge is 2.69. The third kappa shape index (κ3) is 2.23. The van der Waals surface area contributed by atoms with Gasteiger partial charge in [0.1, 0.15) is 5.56 Å². The van der Waals surface area contributed by atoms with Gasteiger partial charge in [-0.05, 0) is 19.1 Å². The fourth-order valence-corrected chi connectivity index (χ4v) is 3.08. The van der Waals surface area contributed by atoms with Crippen LogP contribution >= 0.6 is 0 Å². The number of aromatic amines is 1. The molecule has 0 bridgehead atoms. The predicted octanol–water partition coefficient (Wildman–Crippen LogP) is -0.0752. The minimum atomic E-state index is -4.92. The molecule has 1 atom stereocenters. The summed E-state index contributed by atoms with van der Waals surface area (Å²) < 4.78 is 42.6. The van der Waals surface area contributed by atoms with Crippen molar-refractivity contribution in [1.29, 1.82) is 0 Å². The van der Waals surface area contributed by atoms with Crippen molar-refractivity contribution in [1.82, 2.24) is 15.1 Å². The number of carbonyl (C=O) groups excluding carboxylic acids is 1. The molecule has 1 aliphatic rings. The van der Waals surface area contributed by atoms with Crippen LogP contribution in [0.3, 0.4) is 0 Å². The average molecular weight is 341 g/mol. The summed E-state index contributed by atoms with van der Waals surface area (Å²) in [4.78, 5) is 24.9. The Labute approximate surface area is 134 Å². The summed E-state index contributed by atoms with van der Waals surface area (Å²) in [6, 6.07) is 8.23. The van der Waals surface area contributed by atoms with Crippen LogP contribution in [0.15, 0.2) is 35.1 Å². The number of nitrogens with zero attached hydrogens (tertiary/aromatic N) is 1. The number of nitrogens with one attached hydrogen (secondary N) is 2. The van der Waals surface area contributed by atoms with E-state index in [4.69, 9.17) is 0 Å². The number of quaternary nitrogens is 1. The lowest BCUT2D eigenvalue weighted by Crippen LogP contribution is -3.04. The number of H-pyrrole nitrogens is 1. The number of piperazine rings is 1. The van der Waals surface area contributed by atoms with Crippen molar-refractivity contribution in [2.75, 3.05) is 13.1 Å². The van der Waals surface area contributed by atoms with Gasteiger partial charge in [0.25, 0.3) is 11.5 Å². The van der Waals surface area contributed by atoms with Crippen LogP contribution in [0.5, 0.6) is 0 Å². The summed E-state index contributed by atoms with van der Waals surface area (Å²) in [5, 5.41) is 5.76. The lowest BCUT2D eigenvalue weighted by molar-refractivity contribution is -0.750. The molecule has 128 valence electrons. The standard InChI is InChI=1S/C15H15F3N4O2/c1-9-11(12(23)22(21-9)10-5-3-2-4-6-10)14(15(16,17)18)13(24)19-7-8-20-14/h2-6,20-21H,7-8H2,1H3,(H,19,24)/p+1/t14-/m0/s1. The number of para-hydroxylation sites is 1. The molecule has 4 N–H and O–H groups in total. The third-order valence-corrected chi connectivity index (χ3v) is 4.17. The number of halogens is 3. The zero-order valence-electron chi connectivity index (χ0n) is 12.8. The van der Waals surface area contributed by atoms with Gasteiger partial charge < -0.3 is 10.6 Å².